The molecule has 132 valence electrons. The maximum Gasteiger partial charge on any atom is 0.308 e. The van der Waals surface area contributed by atoms with E-state index in [4.69, 9.17) is 23.2 Å². The summed E-state index contributed by atoms with van der Waals surface area (Å²) in [5.41, 5.74) is 0.909. The Morgan fingerprint density at radius 3 is 2.52 bits per heavy atom. The molecule has 25 heavy (non-hydrogen) atoms. The summed E-state index contributed by atoms with van der Waals surface area (Å²) >= 11 is 12.9. The van der Waals surface area contributed by atoms with E-state index >= 15 is 0 Å². The quantitative estimate of drug-likeness (QED) is 0.666. The molecular formula is C16H14Cl2N2O3S2. The van der Waals surface area contributed by atoms with Crippen molar-refractivity contribution in [2.24, 2.45) is 0 Å². The van der Waals surface area contributed by atoms with Gasteiger partial charge in [0.2, 0.25) is 0 Å². The molecule has 0 fully saturated rings. The monoisotopic (exact) mass is 416 g/mol. The number of nitrogens with zero attached hydrogens (tertiary/aromatic N) is 1. The fraction of sp³-hybridized carbons (Fsp3) is 0.188. The number of aromatic nitrogens is 1. The molecule has 0 radical (unpaired) electrons. The summed E-state index contributed by atoms with van der Waals surface area (Å²) < 4.78 is 30.0. The van der Waals surface area contributed by atoms with Crippen LogP contribution in [0.1, 0.15) is 19.9 Å². The van der Waals surface area contributed by atoms with E-state index in [9.17, 15) is 13.2 Å². The Morgan fingerprint density at radius 1 is 1.12 bits per heavy atom. The molecule has 2 aromatic carbocycles. The topological polar surface area (TPSA) is 68.2 Å². The molecule has 0 atom stereocenters. The maximum absolute atomic E-state index is 12.6. The number of nitrogens with one attached hydrogen (secondary N) is 1. The molecule has 1 N–H and O–H groups in total. The van der Waals surface area contributed by atoms with E-state index in [1.807, 2.05) is 13.8 Å². The van der Waals surface area contributed by atoms with Crippen LogP contribution >= 0.6 is 34.5 Å². The SMILES string of the molecule is CC(C)n1c(=O)sc2cc(S(=O)(=O)Nc3cc(Cl)ccc3Cl)ccc21. The lowest BCUT2D eigenvalue weighted by Crippen LogP contribution is -2.15. The van der Waals surface area contributed by atoms with Gasteiger partial charge >= 0.3 is 4.87 Å². The van der Waals surface area contributed by atoms with Gasteiger partial charge in [0.05, 0.1) is 25.8 Å². The molecule has 3 aromatic rings. The van der Waals surface area contributed by atoms with E-state index in [0.717, 1.165) is 11.3 Å². The average Bonchev–Trinajstić information content (AvgIpc) is 2.85. The predicted molar refractivity (Wildman–Crippen MR) is 104 cm³/mol. The van der Waals surface area contributed by atoms with E-state index in [1.54, 1.807) is 16.7 Å². The second kappa shape index (κ2) is 6.64. The highest BCUT2D eigenvalue weighted by Gasteiger charge is 2.19. The van der Waals surface area contributed by atoms with Crippen LogP contribution in [-0.4, -0.2) is 13.0 Å². The lowest BCUT2D eigenvalue weighted by Gasteiger charge is -2.11. The fourth-order valence-corrected chi connectivity index (χ4v) is 5.07. The zero-order valence-corrected chi connectivity index (χ0v) is 16.4. The lowest BCUT2D eigenvalue weighted by atomic mass is 10.3. The summed E-state index contributed by atoms with van der Waals surface area (Å²) in [6, 6.07) is 9.11. The summed E-state index contributed by atoms with van der Waals surface area (Å²) in [6.07, 6.45) is 0. The fourth-order valence-electron chi connectivity index (χ4n) is 2.45. The van der Waals surface area contributed by atoms with Crippen molar-refractivity contribution in [3.05, 3.63) is 56.1 Å². The minimum absolute atomic E-state index is 0.00732. The Labute approximate surface area is 158 Å². The van der Waals surface area contributed by atoms with Crippen molar-refractivity contribution < 1.29 is 8.42 Å². The molecule has 0 saturated carbocycles. The summed E-state index contributed by atoms with van der Waals surface area (Å²) in [5, 5.41) is 0.606. The number of sulfonamides is 1. The molecule has 0 unspecified atom stereocenters. The molecule has 1 aromatic heterocycles. The highest BCUT2D eigenvalue weighted by molar-refractivity contribution is 7.92. The number of benzene rings is 2. The number of thiazole rings is 1. The standard InChI is InChI=1S/C16H14Cl2N2O3S2/c1-9(2)20-14-6-4-11(8-15(14)24-16(20)21)25(22,23)19-13-7-10(17)3-5-12(13)18/h3-9,19H,1-2H3. The Kier molecular flexibility index (Phi) is 4.85. The molecule has 0 bridgehead atoms. The molecule has 5 nitrogen and oxygen atoms in total. The van der Waals surface area contributed by atoms with Crippen LogP contribution in [0, 0.1) is 0 Å². The van der Waals surface area contributed by atoms with Crippen molar-refractivity contribution in [3.63, 3.8) is 0 Å². The van der Waals surface area contributed by atoms with Crippen LogP contribution in [0.4, 0.5) is 5.69 Å². The van der Waals surface area contributed by atoms with Crippen molar-refractivity contribution in [1.29, 1.82) is 0 Å². The third-order valence-electron chi connectivity index (χ3n) is 3.58. The van der Waals surface area contributed by atoms with Crippen molar-refractivity contribution in [2.75, 3.05) is 4.72 Å². The van der Waals surface area contributed by atoms with Gasteiger partial charge in [0, 0.05) is 11.1 Å². The Morgan fingerprint density at radius 2 is 1.84 bits per heavy atom. The molecule has 0 amide bonds. The number of halogens is 2. The Balaban J connectivity index is 2.06. The number of hydrogen-bond acceptors (Lipinski definition) is 4. The molecule has 0 spiro atoms. The highest BCUT2D eigenvalue weighted by atomic mass is 35.5. The van der Waals surface area contributed by atoms with Gasteiger partial charge in [-0.25, -0.2) is 8.42 Å². The van der Waals surface area contributed by atoms with Gasteiger partial charge in [-0.15, -0.1) is 0 Å². The molecule has 0 saturated heterocycles. The first kappa shape index (κ1) is 18.3. The zero-order valence-electron chi connectivity index (χ0n) is 13.3. The third kappa shape index (κ3) is 3.55. The summed E-state index contributed by atoms with van der Waals surface area (Å²) in [6.45, 7) is 3.81. The second-order valence-electron chi connectivity index (χ2n) is 5.69. The molecule has 3 rings (SSSR count). The third-order valence-corrected chi connectivity index (χ3v) is 6.43. The highest BCUT2D eigenvalue weighted by Crippen LogP contribution is 2.29. The molecule has 0 aliphatic carbocycles. The van der Waals surface area contributed by atoms with Gasteiger partial charge in [-0.3, -0.25) is 14.1 Å². The first-order valence-corrected chi connectivity index (χ1v) is 10.4. The van der Waals surface area contributed by atoms with Crippen molar-refractivity contribution in [1.82, 2.24) is 4.57 Å². The van der Waals surface area contributed by atoms with Gasteiger partial charge in [-0.1, -0.05) is 34.5 Å². The maximum atomic E-state index is 12.6. The van der Waals surface area contributed by atoms with Crippen LogP contribution in [0.15, 0.2) is 46.1 Å². The number of hydrogen-bond donors (Lipinski definition) is 1. The van der Waals surface area contributed by atoms with E-state index in [1.165, 1.54) is 24.3 Å². The first-order chi connectivity index (χ1) is 11.7. The van der Waals surface area contributed by atoms with Crippen molar-refractivity contribution in [3.8, 4) is 0 Å². The number of fused-ring (bicyclic) bond motifs is 1. The first-order valence-electron chi connectivity index (χ1n) is 7.32. The van der Waals surface area contributed by atoms with E-state index in [2.05, 4.69) is 4.72 Å². The van der Waals surface area contributed by atoms with Crippen molar-refractivity contribution >= 4 is 60.5 Å². The minimum atomic E-state index is -3.87. The zero-order chi connectivity index (χ0) is 18.4. The van der Waals surface area contributed by atoms with Gasteiger partial charge in [0.15, 0.2) is 0 Å². The van der Waals surface area contributed by atoms with E-state index < -0.39 is 10.0 Å². The van der Waals surface area contributed by atoms with Crippen LogP contribution < -0.4 is 9.60 Å². The molecule has 0 aliphatic heterocycles. The van der Waals surface area contributed by atoms with Crippen LogP contribution in [0.2, 0.25) is 10.0 Å². The molecule has 0 aliphatic rings. The molecular weight excluding hydrogens is 403 g/mol. The summed E-state index contributed by atoms with van der Waals surface area (Å²) in [5.74, 6) is 0. The van der Waals surface area contributed by atoms with Crippen LogP contribution in [0.3, 0.4) is 0 Å². The Bertz CT molecular complexity index is 1120. The largest absolute Gasteiger partial charge is 0.308 e. The van der Waals surface area contributed by atoms with Gasteiger partial charge in [-0.2, -0.15) is 0 Å². The van der Waals surface area contributed by atoms with Gasteiger partial charge in [0.1, 0.15) is 0 Å². The van der Waals surface area contributed by atoms with Gasteiger partial charge < -0.3 is 0 Å². The normalized spacial score (nSPS) is 12.0. The number of rotatable bonds is 4. The van der Waals surface area contributed by atoms with Crippen LogP contribution in [-0.2, 0) is 10.0 Å². The number of anilines is 1. The average molecular weight is 417 g/mol. The summed E-state index contributed by atoms with van der Waals surface area (Å²) in [7, 11) is -3.87. The predicted octanol–water partition coefficient (Wildman–Crippen LogP) is 4.75. The Hall–Kier alpha value is -1.54. The second-order valence-corrected chi connectivity index (χ2v) is 9.21. The van der Waals surface area contributed by atoms with Crippen LogP contribution in [0.5, 0.6) is 0 Å². The van der Waals surface area contributed by atoms with Crippen molar-refractivity contribution in [2.45, 2.75) is 24.8 Å². The van der Waals surface area contributed by atoms with E-state index in [-0.39, 0.29) is 26.5 Å². The lowest BCUT2D eigenvalue weighted by molar-refractivity contribution is 0.601. The van der Waals surface area contributed by atoms with Crippen LogP contribution in [0.25, 0.3) is 10.2 Å². The minimum Gasteiger partial charge on any atom is -0.296 e. The summed E-state index contributed by atoms with van der Waals surface area (Å²) in [4.78, 5) is 12.0. The molecule has 1 heterocycles. The smallest absolute Gasteiger partial charge is 0.296 e. The van der Waals surface area contributed by atoms with Gasteiger partial charge in [0.25, 0.3) is 10.0 Å². The van der Waals surface area contributed by atoms with Gasteiger partial charge in [-0.05, 0) is 50.2 Å². The molecule has 9 heteroatoms. The van der Waals surface area contributed by atoms with E-state index in [0.29, 0.717) is 15.2 Å².